The van der Waals surface area contributed by atoms with Crippen LogP contribution >= 0.6 is 0 Å². The first-order valence-electron chi connectivity index (χ1n) is 6.91. The molecule has 2 rings (SSSR count). The van der Waals surface area contributed by atoms with Crippen LogP contribution in [0.4, 0.5) is 0 Å². The SMILES string of the molecule is CC1=C(C)C(C)(C(O)c2ccccc2C)C(C)=C1C. The second-order valence-electron chi connectivity index (χ2n) is 5.96. The summed E-state index contributed by atoms with van der Waals surface area (Å²) < 4.78 is 0. The maximum atomic E-state index is 11.0. The Hall–Kier alpha value is -1.34. The molecule has 0 aromatic heterocycles. The Morgan fingerprint density at radius 1 is 0.895 bits per heavy atom. The zero-order chi connectivity index (χ0) is 14.4. The van der Waals surface area contributed by atoms with Gasteiger partial charge in [-0.2, -0.15) is 0 Å². The van der Waals surface area contributed by atoms with Gasteiger partial charge < -0.3 is 5.11 Å². The van der Waals surface area contributed by atoms with E-state index in [0.717, 1.165) is 11.1 Å². The Morgan fingerprint density at radius 2 is 1.37 bits per heavy atom. The molecule has 102 valence electrons. The zero-order valence-electron chi connectivity index (χ0n) is 12.8. The molecule has 1 atom stereocenters. The quantitative estimate of drug-likeness (QED) is 0.811. The van der Waals surface area contributed by atoms with Gasteiger partial charge in [0, 0.05) is 5.41 Å². The molecule has 0 aliphatic heterocycles. The summed E-state index contributed by atoms with van der Waals surface area (Å²) >= 11 is 0. The van der Waals surface area contributed by atoms with E-state index in [9.17, 15) is 5.11 Å². The van der Waals surface area contributed by atoms with Crippen molar-refractivity contribution in [1.29, 1.82) is 0 Å². The molecule has 0 fully saturated rings. The molecule has 1 heteroatoms. The standard InChI is InChI=1S/C18H24O/c1-11-9-7-8-10-16(11)17(19)18(6)14(4)12(2)13(3)15(18)5/h7-10,17,19H,1-6H3. The molecule has 0 spiro atoms. The molecule has 0 radical (unpaired) electrons. The van der Waals surface area contributed by atoms with E-state index in [1.807, 2.05) is 18.2 Å². The van der Waals surface area contributed by atoms with E-state index in [1.165, 1.54) is 22.3 Å². The van der Waals surface area contributed by atoms with Crippen molar-refractivity contribution >= 4 is 0 Å². The highest BCUT2D eigenvalue weighted by Crippen LogP contribution is 2.53. The molecule has 0 saturated carbocycles. The van der Waals surface area contributed by atoms with Gasteiger partial charge in [-0.05, 0) is 63.8 Å². The van der Waals surface area contributed by atoms with Gasteiger partial charge in [-0.25, -0.2) is 0 Å². The minimum Gasteiger partial charge on any atom is -0.387 e. The maximum absolute atomic E-state index is 11.0. The van der Waals surface area contributed by atoms with Gasteiger partial charge in [-0.3, -0.25) is 0 Å². The highest BCUT2D eigenvalue weighted by Gasteiger charge is 2.43. The van der Waals surface area contributed by atoms with Crippen molar-refractivity contribution in [2.75, 3.05) is 0 Å². The summed E-state index contributed by atoms with van der Waals surface area (Å²) in [5.41, 5.74) is 7.14. The van der Waals surface area contributed by atoms with E-state index in [4.69, 9.17) is 0 Å². The Labute approximate surface area is 116 Å². The number of hydrogen-bond donors (Lipinski definition) is 1. The summed E-state index contributed by atoms with van der Waals surface area (Å²) in [7, 11) is 0. The number of allylic oxidation sites excluding steroid dienone is 2. The van der Waals surface area contributed by atoms with Crippen LogP contribution in [0.1, 0.15) is 51.8 Å². The van der Waals surface area contributed by atoms with Crippen molar-refractivity contribution in [3.05, 3.63) is 57.7 Å². The number of benzene rings is 1. The highest BCUT2D eigenvalue weighted by atomic mass is 16.3. The summed E-state index contributed by atoms with van der Waals surface area (Å²) in [6.45, 7) is 12.8. The lowest BCUT2D eigenvalue weighted by Crippen LogP contribution is -2.27. The molecular weight excluding hydrogens is 232 g/mol. The lowest BCUT2D eigenvalue weighted by atomic mass is 9.71. The Balaban J connectivity index is 2.56. The van der Waals surface area contributed by atoms with Gasteiger partial charge in [0.2, 0.25) is 0 Å². The van der Waals surface area contributed by atoms with Crippen LogP contribution < -0.4 is 0 Å². The largest absolute Gasteiger partial charge is 0.387 e. The third kappa shape index (κ3) is 1.88. The summed E-state index contributed by atoms with van der Waals surface area (Å²) in [6, 6.07) is 8.12. The summed E-state index contributed by atoms with van der Waals surface area (Å²) in [6.07, 6.45) is -0.485. The molecule has 0 bridgehead atoms. The first kappa shape index (κ1) is 14.1. The van der Waals surface area contributed by atoms with Crippen LogP contribution in [0.25, 0.3) is 0 Å². The van der Waals surface area contributed by atoms with Crippen LogP contribution in [0.2, 0.25) is 0 Å². The third-order valence-electron chi connectivity index (χ3n) is 5.28. The number of aliphatic hydroxyl groups is 1. The van der Waals surface area contributed by atoms with Gasteiger partial charge in [0.15, 0.2) is 0 Å². The van der Waals surface area contributed by atoms with Gasteiger partial charge in [0.1, 0.15) is 0 Å². The smallest absolute Gasteiger partial charge is 0.0920 e. The molecule has 1 aliphatic carbocycles. The van der Waals surface area contributed by atoms with Crippen molar-refractivity contribution in [3.8, 4) is 0 Å². The maximum Gasteiger partial charge on any atom is 0.0920 e. The first-order chi connectivity index (χ1) is 8.81. The van der Waals surface area contributed by atoms with Crippen LogP contribution in [-0.2, 0) is 0 Å². The lowest BCUT2D eigenvalue weighted by molar-refractivity contribution is 0.0862. The van der Waals surface area contributed by atoms with Gasteiger partial charge in [-0.1, -0.05) is 35.4 Å². The lowest BCUT2D eigenvalue weighted by Gasteiger charge is -2.35. The summed E-state index contributed by atoms with van der Waals surface area (Å²) in [5.74, 6) is 0. The van der Waals surface area contributed by atoms with E-state index in [-0.39, 0.29) is 5.41 Å². The molecule has 0 heterocycles. The van der Waals surface area contributed by atoms with Gasteiger partial charge in [-0.15, -0.1) is 0 Å². The summed E-state index contributed by atoms with van der Waals surface area (Å²) in [4.78, 5) is 0. The van der Waals surface area contributed by atoms with E-state index in [0.29, 0.717) is 0 Å². The van der Waals surface area contributed by atoms with Crippen LogP contribution in [0.5, 0.6) is 0 Å². The molecular formula is C18H24O. The molecule has 1 unspecified atom stereocenters. The molecule has 0 saturated heterocycles. The van der Waals surface area contributed by atoms with Gasteiger partial charge in [0.25, 0.3) is 0 Å². The van der Waals surface area contributed by atoms with Crippen LogP contribution in [-0.4, -0.2) is 5.11 Å². The Morgan fingerprint density at radius 3 is 1.84 bits per heavy atom. The average molecular weight is 256 g/mol. The zero-order valence-corrected chi connectivity index (χ0v) is 12.8. The molecule has 1 aromatic carbocycles. The molecule has 19 heavy (non-hydrogen) atoms. The van der Waals surface area contributed by atoms with Crippen molar-refractivity contribution in [2.24, 2.45) is 5.41 Å². The number of rotatable bonds is 2. The fourth-order valence-electron chi connectivity index (χ4n) is 3.24. The Kier molecular flexibility index (Phi) is 3.44. The molecule has 1 nitrogen and oxygen atoms in total. The van der Waals surface area contributed by atoms with Crippen molar-refractivity contribution in [2.45, 2.75) is 47.6 Å². The minimum absolute atomic E-state index is 0.278. The van der Waals surface area contributed by atoms with E-state index in [2.05, 4.69) is 47.6 Å². The molecule has 1 aliphatic rings. The van der Waals surface area contributed by atoms with Crippen molar-refractivity contribution in [1.82, 2.24) is 0 Å². The van der Waals surface area contributed by atoms with Gasteiger partial charge in [0.05, 0.1) is 6.10 Å². The van der Waals surface area contributed by atoms with Crippen LogP contribution in [0.3, 0.4) is 0 Å². The normalized spacial score (nSPS) is 20.2. The first-order valence-corrected chi connectivity index (χ1v) is 6.91. The predicted molar refractivity (Wildman–Crippen MR) is 81.0 cm³/mol. The fourth-order valence-corrected chi connectivity index (χ4v) is 3.24. The third-order valence-corrected chi connectivity index (χ3v) is 5.28. The highest BCUT2D eigenvalue weighted by molar-refractivity contribution is 5.52. The predicted octanol–water partition coefficient (Wildman–Crippen LogP) is 4.72. The van der Waals surface area contributed by atoms with Crippen molar-refractivity contribution < 1.29 is 5.11 Å². The van der Waals surface area contributed by atoms with Crippen LogP contribution in [0.15, 0.2) is 46.6 Å². The second kappa shape index (κ2) is 4.64. The van der Waals surface area contributed by atoms with Gasteiger partial charge >= 0.3 is 0 Å². The second-order valence-corrected chi connectivity index (χ2v) is 5.96. The average Bonchev–Trinajstić information content (AvgIpc) is 2.55. The topological polar surface area (TPSA) is 20.2 Å². The van der Waals surface area contributed by atoms with Crippen molar-refractivity contribution in [3.63, 3.8) is 0 Å². The van der Waals surface area contributed by atoms with Crippen LogP contribution in [0, 0.1) is 12.3 Å². The monoisotopic (exact) mass is 256 g/mol. The molecule has 0 amide bonds. The van der Waals surface area contributed by atoms with E-state index < -0.39 is 6.10 Å². The number of aryl methyl sites for hydroxylation is 1. The Bertz CT molecular complexity index is 551. The van der Waals surface area contributed by atoms with E-state index >= 15 is 0 Å². The molecule has 1 aromatic rings. The summed E-state index contributed by atoms with van der Waals surface area (Å²) in [5, 5.41) is 11.0. The number of hydrogen-bond acceptors (Lipinski definition) is 1. The minimum atomic E-state index is -0.485. The molecule has 1 N–H and O–H groups in total. The van der Waals surface area contributed by atoms with E-state index in [1.54, 1.807) is 0 Å². The fraction of sp³-hybridized carbons (Fsp3) is 0.444. The number of aliphatic hydroxyl groups excluding tert-OH is 1.